The van der Waals surface area contributed by atoms with E-state index in [4.69, 9.17) is 0 Å². The van der Waals surface area contributed by atoms with E-state index >= 15 is 0 Å². The van der Waals surface area contributed by atoms with Crippen molar-refractivity contribution in [1.82, 2.24) is 15.3 Å². The first kappa shape index (κ1) is 15.0. The molecule has 0 aliphatic heterocycles. The van der Waals surface area contributed by atoms with Crippen LogP contribution in [0.25, 0.3) is 21.8 Å². The average molecular weight is 321 g/mol. The molecule has 2 aromatic heterocycles. The van der Waals surface area contributed by atoms with Crippen molar-refractivity contribution in [2.45, 2.75) is 12.3 Å². The van der Waals surface area contributed by atoms with Gasteiger partial charge in [-0.2, -0.15) is 0 Å². The van der Waals surface area contributed by atoms with Crippen molar-refractivity contribution < 1.29 is 4.39 Å². The SMILES string of the molecule is CNCCC(c1ccc2[nH]ccc2c1)c1cc(F)c2[nH]ccc2c1. The Kier molecular flexibility index (Phi) is 3.82. The number of aromatic amines is 2. The van der Waals surface area contributed by atoms with Gasteiger partial charge in [0.05, 0.1) is 5.52 Å². The maximum Gasteiger partial charge on any atom is 0.147 e. The highest BCUT2D eigenvalue weighted by Gasteiger charge is 2.17. The van der Waals surface area contributed by atoms with Gasteiger partial charge >= 0.3 is 0 Å². The predicted molar refractivity (Wildman–Crippen MR) is 96.9 cm³/mol. The van der Waals surface area contributed by atoms with Crippen molar-refractivity contribution in [3.05, 3.63) is 71.8 Å². The number of nitrogens with one attached hydrogen (secondary N) is 3. The van der Waals surface area contributed by atoms with E-state index in [2.05, 4.69) is 45.6 Å². The van der Waals surface area contributed by atoms with Crippen molar-refractivity contribution >= 4 is 21.8 Å². The second-order valence-electron chi connectivity index (χ2n) is 6.21. The van der Waals surface area contributed by atoms with Crippen molar-refractivity contribution in [3.63, 3.8) is 0 Å². The number of fused-ring (bicyclic) bond motifs is 2. The summed E-state index contributed by atoms with van der Waals surface area (Å²) in [7, 11) is 1.95. The molecule has 0 saturated heterocycles. The highest BCUT2D eigenvalue weighted by Crippen LogP contribution is 2.32. The van der Waals surface area contributed by atoms with E-state index in [9.17, 15) is 4.39 Å². The zero-order valence-electron chi connectivity index (χ0n) is 13.6. The first-order valence-electron chi connectivity index (χ1n) is 8.24. The van der Waals surface area contributed by atoms with E-state index in [1.54, 1.807) is 12.3 Å². The fraction of sp³-hybridized carbons (Fsp3) is 0.200. The van der Waals surface area contributed by atoms with Crippen LogP contribution in [0.3, 0.4) is 0 Å². The van der Waals surface area contributed by atoms with Gasteiger partial charge in [-0.1, -0.05) is 6.07 Å². The number of hydrogen-bond donors (Lipinski definition) is 3. The molecule has 4 heteroatoms. The lowest BCUT2D eigenvalue weighted by Crippen LogP contribution is -2.13. The number of aromatic nitrogens is 2. The van der Waals surface area contributed by atoms with Gasteiger partial charge in [0.25, 0.3) is 0 Å². The molecule has 24 heavy (non-hydrogen) atoms. The smallest absolute Gasteiger partial charge is 0.147 e. The van der Waals surface area contributed by atoms with Crippen LogP contribution in [0.1, 0.15) is 23.5 Å². The molecule has 0 spiro atoms. The molecular weight excluding hydrogens is 301 g/mol. The maximum absolute atomic E-state index is 14.4. The van der Waals surface area contributed by atoms with Crippen molar-refractivity contribution in [2.75, 3.05) is 13.6 Å². The summed E-state index contributed by atoms with van der Waals surface area (Å²) in [5, 5.41) is 5.31. The summed E-state index contributed by atoms with van der Waals surface area (Å²) < 4.78 is 14.4. The molecule has 3 nitrogen and oxygen atoms in total. The summed E-state index contributed by atoms with van der Waals surface area (Å²) in [6.07, 6.45) is 4.65. The second kappa shape index (κ2) is 6.13. The Morgan fingerprint density at radius 1 is 0.958 bits per heavy atom. The molecule has 0 amide bonds. The Hall–Kier alpha value is -2.59. The van der Waals surface area contributed by atoms with Crippen LogP contribution < -0.4 is 5.32 Å². The lowest BCUT2D eigenvalue weighted by atomic mass is 9.87. The molecule has 0 radical (unpaired) electrons. The third-order valence-corrected chi connectivity index (χ3v) is 4.70. The number of hydrogen-bond acceptors (Lipinski definition) is 1. The summed E-state index contributed by atoms with van der Waals surface area (Å²) in [6, 6.07) is 14.2. The van der Waals surface area contributed by atoms with Crippen molar-refractivity contribution in [2.24, 2.45) is 0 Å². The van der Waals surface area contributed by atoms with E-state index in [1.807, 2.05) is 19.3 Å². The summed E-state index contributed by atoms with van der Waals surface area (Å²) in [5.41, 5.74) is 3.93. The molecule has 0 saturated carbocycles. The Balaban J connectivity index is 1.82. The highest BCUT2D eigenvalue weighted by atomic mass is 19.1. The van der Waals surface area contributed by atoms with Gasteiger partial charge < -0.3 is 15.3 Å². The second-order valence-corrected chi connectivity index (χ2v) is 6.21. The largest absolute Gasteiger partial charge is 0.361 e. The predicted octanol–water partition coefficient (Wildman–Crippen LogP) is 4.53. The van der Waals surface area contributed by atoms with Gasteiger partial charge in [-0.3, -0.25) is 0 Å². The fourth-order valence-electron chi connectivity index (χ4n) is 3.45. The van der Waals surface area contributed by atoms with E-state index < -0.39 is 0 Å². The van der Waals surface area contributed by atoms with Crippen LogP contribution >= 0.6 is 0 Å². The van der Waals surface area contributed by atoms with Gasteiger partial charge in [0.1, 0.15) is 5.82 Å². The molecule has 2 aromatic carbocycles. The molecule has 4 rings (SSSR count). The Morgan fingerprint density at radius 2 is 1.75 bits per heavy atom. The quantitative estimate of drug-likeness (QED) is 0.497. The Bertz CT molecular complexity index is 983. The van der Waals surface area contributed by atoms with Gasteiger partial charge in [-0.15, -0.1) is 0 Å². The van der Waals surface area contributed by atoms with Crippen LogP contribution in [0.15, 0.2) is 54.9 Å². The molecule has 0 fully saturated rings. The van der Waals surface area contributed by atoms with Crippen LogP contribution in [0.4, 0.5) is 4.39 Å². The zero-order valence-corrected chi connectivity index (χ0v) is 13.6. The summed E-state index contributed by atoms with van der Waals surface area (Å²) in [6.45, 7) is 0.878. The first-order valence-corrected chi connectivity index (χ1v) is 8.24. The first-order chi connectivity index (χ1) is 11.8. The third kappa shape index (κ3) is 2.59. The van der Waals surface area contributed by atoms with E-state index in [0.717, 1.165) is 29.4 Å². The van der Waals surface area contributed by atoms with Crippen LogP contribution in [0.2, 0.25) is 0 Å². The molecule has 1 unspecified atom stereocenters. The minimum atomic E-state index is -0.190. The monoisotopic (exact) mass is 321 g/mol. The average Bonchev–Trinajstić information content (AvgIpc) is 3.23. The molecule has 0 aliphatic carbocycles. The van der Waals surface area contributed by atoms with Gasteiger partial charge in [0.15, 0.2) is 0 Å². The van der Waals surface area contributed by atoms with Gasteiger partial charge in [0, 0.05) is 29.2 Å². The molecule has 122 valence electrons. The minimum absolute atomic E-state index is 0.158. The van der Waals surface area contributed by atoms with Crippen LogP contribution in [0.5, 0.6) is 0 Å². The van der Waals surface area contributed by atoms with Crippen molar-refractivity contribution in [1.29, 1.82) is 0 Å². The molecule has 0 aliphatic rings. The number of H-pyrrole nitrogens is 2. The minimum Gasteiger partial charge on any atom is -0.361 e. The summed E-state index contributed by atoms with van der Waals surface area (Å²) in [5.74, 6) is -0.0322. The lowest BCUT2D eigenvalue weighted by Gasteiger charge is -2.19. The van der Waals surface area contributed by atoms with Crippen LogP contribution in [-0.4, -0.2) is 23.6 Å². The van der Waals surface area contributed by atoms with E-state index in [0.29, 0.717) is 5.52 Å². The zero-order chi connectivity index (χ0) is 16.5. The molecule has 3 N–H and O–H groups in total. The van der Waals surface area contributed by atoms with E-state index in [-0.39, 0.29) is 11.7 Å². The molecule has 4 aromatic rings. The molecule has 2 heterocycles. The fourth-order valence-corrected chi connectivity index (χ4v) is 3.45. The van der Waals surface area contributed by atoms with Gasteiger partial charge in [0.2, 0.25) is 0 Å². The topological polar surface area (TPSA) is 43.6 Å². The Labute approximate surface area is 139 Å². The highest BCUT2D eigenvalue weighted by molar-refractivity contribution is 5.82. The molecule has 0 bridgehead atoms. The summed E-state index contributed by atoms with van der Waals surface area (Å²) >= 11 is 0. The number of halogens is 1. The molecular formula is C20H20FN3. The third-order valence-electron chi connectivity index (χ3n) is 4.70. The standard InChI is InChI=1S/C20H20FN3/c1-22-7-6-17(13-2-3-19-14(10-13)4-8-23-19)16-11-15-5-9-24-20(15)18(21)12-16/h2-5,8-12,17,22-24H,6-7H2,1H3. The van der Waals surface area contributed by atoms with Gasteiger partial charge in [-0.05, 0) is 72.9 Å². The normalized spacial score (nSPS) is 12.9. The number of benzene rings is 2. The van der Waals surface area contributed by atoms with Gasteiger partial charge in [-0.25, -0.2) is 4.39 Å². The lowest BCUT2D eigenvalue weighted by molar-refractivity contribution is 0.624. The molecule has 1 atom stereocenters. The summed E-state index contributed by atoms with van der Waals surface area (Å²) in [4.78, 5) is 6.19. The van der Waals surface area contributed by atoms with Crippen molar-refractivity contribution in [3.8, 4) is 0 Å². The van der Waals surface area contributed by atoms with Crippen LogP contribution in [-0.2, 0) is 0 Å². The Morgan fingerprint density at radius 3 is 2.62 bits per heavy atom. The maximum atomic E-state index is 14.4. The van der Waals surface area contributed by atoms with E-state index in [1.165, 1.54) is 10.9 Å². The van der Waals surface area contributed by atoms with Crippen LogP contribution in [0, 0.1) is 5.82 Å². The number of rotatable bonds is 5.